The molecule has 2 heteroatoms. The van der Waals surface area contributed by atoms with Gasteiger partial charge >= 0.3 is 0 Å². The number of terminal acetylenes is 1. The van der Waals surface area contributed by atoms with Crippen molar-refractivity contribution in [1.29, 1.82) is 0 Å². The van der Waals surface area contributed by atoms with Crippen molar-refractivity contribution in [3.05, 3.63) is 28.8 Å². The molecule has 0 amide bonds. The summed E-state index contributed by atoms with van der Waals surface area (Å²) in [4.78, 5) is 0. The lowest BCUT2D eigenvalue weighted by atomic mass is 9.85. The van der Waals surface area contributed by atoms with E-state index in [-0.39, 0.29) is 5.75 Å². The molecule has 1 nitrogen and oxygen atoms in total. The highest BCUT2D eigenvalue weighted by atomic mass is 35.5. The summed E-state index contributed by atoms with van der Waals surface area (Å²) in [5.41, 5.74) is 0.192. The lowest BCUT2D eigenvalue weighted by molar-refractivity contribution is 0.458. The third-order valence-corrected chi connectivity index (χ3v) is 2.33. The maximum absolute atomic E-state index is 9.64. The predicted molar refractivity (Wildman–Crippen MR) is 55.0 cm³/mol. The number of phenolic OH excluding ortho intramolecular Hbond substituents is 1. The second kappa shape index (κ2) is 3.32. The Morgan fingerprint density at radius 1 is 1.46 bits per heavy atom. The highest BCUT2D eigenvalue weighted by molar-refractivity contribution is 6.32. The molecule has 0 radical (unpaired) electrons. The Kier molecular flexibility index (Phi) is 2.54. The minimum Gasteiger partial charge on any atom is -0.506 e. The van der Waals surface area contributed by atoms with Crippen LogP contribution < -0.4 is 0 Å². The molecular formula is C11H11ClO. The van der Waals surface area contributed by atoms with Crippen molar-refractivity contribution < 1.29 is 5.11 Å². The monoisotopic (exact) mass is 194 g/mol. The van der Waals surface area contributed by atoms with Gasteiger partial charge in [-0.25, -0.2) is 0 Å². The quantitative estimate of drug-likeness (QED) is 0.682. The van der Waals surface area contributed by atoms with E-state index >= 15 is 0 Å². The Morgan fingerprint density at radius 2 is 2.08 bits per heavy atom. The molecule has 13 heavy (non-hydrogen) atoms. The van der Waals surface area contributed by atoms with Crippen LogP contribution in [0.15, 0.2) is 18.2 Å². The smallest absolute Gasteiger partial charge is 0.138 e. The SMILES string of the molecule is C#CC(C)(C)c1cccc(Cl)c1O. The van der Waals surface area contributed by atoms with E-state index in [4.69, 9.17) is 18.0 Å². The van der Waals surface area contributed by atoms with Gasteiger partial charge < -0.3 is 5.11 Å². The summed E-state index contributed by atoms with van der Waals surface area (Å²) in [7, 11) is 0. The molecule has 0 heterocycles. The Labute approximate surface area is 83.4 Å². The normalized spacial score (nSPS) is 10.9. The first kappa shape index (κ1) is 9.95. The first-order chi connectivity index (χ1) is 5.99. The summed E-state index contributed by atoms with van der Waals surface area (Å²) >= 11 is 5.76. The molecule has 0 saturated carbocycles. The molecule has 68 valence electrons. The number of hydrogen-bond acceptors (Lipinski definition) is 1. The molecule has 0 atom stereocenters. The minimum absolute atomic E-state index is 0.0760. The van der Waals surface area contributed by atoms with Gasteiger partial charge in [0.2, 0.25) is 0 Å². The molecule has 0 aliphatic heterocycles. The van der Waals surface area contributed by atoms with E-state index in [2.05, 4.69) is 5.92 Å². The van der Waals surface area contributed by atoms with Gasteiger partial charge in [-0.1, -0.05) is 29.7 Å². The van der Waals surface area contributed by atoms with Crippen molar-refractivity contribution in [2.24, 2.45) is 0 Å². The molecule has 0 fully saturated rings. The van der Waals surface area contributed by atoms with E-state index in [0.717, 1.165) is 0 Å². The van der Waals surface area contributed by atoms with Crippen LogP contribution in [0.2, 0.25) is 5.02 Å². The number of hydrogen-bond donors (Lipinski definition) is 1. The predicted octanol–water partition coefficient (Wildman–Crippen LogP) is 2.96. The average molecular weight is 195 g/mol. The van der Waals surface area contributed by atoms with Crippen molar-refractivity contribution in [3.63, 3.8) is 0 Å². The summed E-state index contributed by atoms with van der Waals surface area (Å²) in [6, 6.07) is 5.19. The number of rotatable bonds is 1. The maximum Gasteiger partial charge on any atom is 0.138 e. The highest BCUT2D eigenvalue weighted by Gasteiger charge is 2.21. The molecule has 1 aromatic rings. The van der Waals surface area contributed by atoms with Crippen LogP contribution in [0.4, 0.5) is 0 Å². The zero-order chi connectivity index (χ0) is 10.1. The fourth-order valence-corrected chi connectivity index (χ4v) is 1.27. The molecule has 1 aromatic carbocycles. The highest BCUT2D eigenvalue weighted by Crippen LogP contribution is 2.35. The van der Waals surface area contributed by atoms with E-state index in [0.29, 0.717) is 10.6 Å². The van der Waals surface area contributed by atoms with Gasteiger partial charge in [-0.2, -0.15) is 0 Å². The first-order valence-electron chi connectivity index (χ1n) is 3.95. The van der Waals surface area contributed by atoms with Gasteiger partial charge in [-0.05, 0) is 19.9 Å². The van der Waals surface area contributed by atoms with Crippen LogP contribution in [0.25, 0.3) is 0 Å². The number of para-hydroxylation sites is 1. The van der Waals surface area contributed by atoms with Crippen LogP contribution in [0.1, 0.15) is 19.4 Å². The lowest BCUT2D eigenvalue weighted by Gasteiger charge is -2.19. The van der Waals surface area contributed by atoms with Gasteiger partial charge in [0, 0.05) is 5.56 Å². The van der Waals surface area contributed by atoms with Gasteiger partial charge in [0.25, 0.3) is 0 Å². The number of phenols is 1. The molecule has 0 aromatic heterocycles. The number of benzene rings is 1. The second-order valence-electron chi connectivity index (χ2n) is 3.41. The standard InChI is InChI=1S/C11H11ClO/c1-4-11(2,3)8-6-5-7-9(12)10(8)13/h1,5-7,13H,2-3H3. The summed E-state index contributed by atoms with van der Waals surface area (Å²) in [6.45, 7) is 3.72. The zero-order valence-corrected chi connectivity index (χ0v) is 8.39. The van der Waals surface area contributed by atoms with E-state index in [9.17, 15) is 5.11 Å². The van der Waals surface area contributed by atoms with Crippen molar-refractivity contribution in [3.8, 4) is 18.1 Å². The van der Waals surface area contributed by atoms with Crippen LogP contribution in [-0.4, -0.2) is 5.11 Å². The molecule has 0 saturated heterocycles. The van der Waals surface area contributed by atoms with E-state index in [1.807, 2.05) is 13.8 Å². The molecular weight excluding hydrogens is 184 g/mol. The first-order valence-corrected chi connectivity index (χ1v) is 4.32. The van der Waals surface area contributed by atoms with E-state index in [1.54, 1.807) is 18.2 Å². The Bertz CT molecular complexity index is 361. The van der Waals surface area contributed by atoms with Crippen LogP contribution in [0, 0.1) is 12.3 Å². The van der Waals surface area contributed by atoms with E-state index < -0.39 is 5.41 Å². The Hall–Kier alpha value is -1.13. The van der Waals surface area contributed by atoms with Crippen LogP contribution in [-0.2, 0) is 5.41 Å². The van der Waals surface area contributed by atoms with Crippen molar-refractivity contribution in [1.82, 2.24) is 0 Å². The van der Waals surface area contributed by atoms with Crippen molar-refractivity contribution >= 4 is 11.6 Å². The average Bonchev–Trinajstić information content (AvgIpc) is 2.09. The van der Waals surface area contributed by atoms with E-state index in [1.165, 1.54) is 0 Å². The summed E-state index contributed by atoms with van der Waals surface area (Å²) in [5, 5.41) is 9.97. The molecule has 0 unspecified atom stereocenters. The second-order valence-corrected chi connectivity index (χ2v) is 3.81. The Morgan fingerprint density at radius 3 is 2.62 bits per heavy atom. The van der Waals surface area contributed by atoms with Crippen molar-refractivity contribution in [2.45, 2.75) is 19.3 Å². The lowest BCUT2D eigenvalue weighted by Crippen LogP contribution is -2.13. The third kappa shape index (κ3) is 1.79. The van der Waals surface area contributed by atoms with Crippen LogP contribution >= 0.6 is 11.6 Å². The largest absolute Gasteiger partial charge is 0.506 e. The molecule has 0 bridgehead atoms. The molecule has 1 rings (SSSR count). The van der Waals surface area contributed by atoms with Crippen molar-refractivity contribution in [2.75, 3.05) is 0 Å². The van der Waals surface area contributed by atoms with Gasteiger partial charge in [-0.3, -0.25) is 0 Å². The number of halogens is 1. The van der Waals surface area contributed by atoms with Crippen LogP contribution in [0.3, 0.4) is 0 Å². The minimum atomic E-state index is -0.491. The molecule has 0 aliphatic rings. The molecule has 0 spiro atoms. The van der Waals surface area contributed by atoms with Gasteiger partial charge in [0.05, 0.1) is 10.4 Å². The summed E-state index contributed by atoms with van der Waals surface area (Å²) in [6.07, 6.45) is 5.35. The van der Waals surface area contributed by atoms with Gasteiger partial charge in [0.1, 0.15) is 5.75 Å². The summed E-state index contributed by atoms with van der Waals surface area (Å²) in [5.74, 6) is 2.68. The fourth-order valence-electron chi connectivity index (χ4n) is 1.10. The topological polar surface area (TPSA) is 20.2 Å². The zero-order valence-electron chi connectivity index (χ0n) is 7.63. The van der Waals surface area contributed by atoms with Gasteiger partial charge in [0.15, 0.2) is 0 Å². The van der Waals surface area contributed by atoms with Gasteiger partial charge in [-0.15, -0.1) is 6.42 Å². The third-order valence-electron chi connectivity index (χ3n) is 2.02. The summed E-state index contributed by atoms with van der Waals surface area (Å²) < 4.78 is 0. The molecule has 0 aliphatic carbocycles. The Balaban J connectivity index is 3.33. The maximum atomic E-state index is 9.64. The van der Waals surface area contributed by atoms with Crippen LogP contribution in [0.5, 0.6) is 5.75 Å². The number of aromatic hydroxyl groups is 1. The molecule has 1 N–H and O–H groups in total. The fraction of sp³-hybridized carbons (Fsp3) is 0.273.